The van der Waals surface area contributed by atoms with Crippen LogP contribution in [-0.4, -0.2) is 23.0 Å². The fraction of sp³-hybridized carbons (Fsp3) is 0.500. The molecule has 96 valence electrons. The molecule has 1 saturated carbocycles. The summed E-state index contributed by atoms with van der Waals surface area (Å²) in [5.41, 5.74) is 5.80. The van der Waals surface area contributed by atoms with E-state index >= 15 is 0 Å². The molecule has 1 amide bonds. The molecule has 0 saturated heterocycles. The lowest BCUT2D eigenvalue weighted by atomic mass is 10.2. The maximum Gasteiger partial charge on any atom is 0.265 e. The molecular weight excluding hydrogens is 248 g/mol. The molecule has 4 N–H and O–H groups in total. The number of aromatic nitrogens is 1. The molecule has 1 aromatic heterocycles. The van der Waals surface area contributed by atoms with Crippen molar-refractivity contribution in [1.82, 2.24) is 10.3 Å². The van der Waals surface area contributed by atoms with Crippen molar-refractivity contribution in [3.8, 4) is 0 Å². The van der Waals surface area contributed by atoms with Gasteiger partial charge in [0.15, 0.2) is 5.13 Å². The van der Waals surface area contributed by atoms with E-state index in [4.69, 9.17) is 5.73 Å². The lowest BCUT2D eigenvalue weighted by Gasteiger charge is -2.10. The SMILES string of the molecule is Nc1nc(NC2CC2)sc1C(=O)NC1CC=CC1. The highest BCUT2D eigenvalue weighted by Crippen LogP contribution is 2.30. The second kappa shape index (κ2) is 4.61. The normalized spacial score (nSPS) is 19.1. The number of hydrogen-bond donors (Lipinski definition) is 3. The molecule has 0 unspecified atom stereocenters. The van der Waals surface area contributed by atoms with Crippen LogP contribution in [0.15, 0.2) is 12.2 Å². The first kappa shape index (κ1) is 11.5. The van der Waals surface area contributed by atoms with Crippen molar-refractivity contribution in [2.24, 2.45) is 0 Å². The van der Waals surface area contributed by atoms with Gasteiger partial charge in [-0.05, 0) is 25.7 Å². The number of nitrogens with zero attached hydrogens (tertiary/aromatic N) is 1. The molecule has 0 aromatic carbocycles. The third kappa shape index (κ3) is 2.48. The van der Waals surface area contributed by atoms with Crippen molar-refractivity contribution >= 4 is 28.2 Å². The zero-order valence-electron chi connectivity index (χ0n) is 9.98. The molecule has 0 atom stereocenters. The van der Waals surface area contributed by atoms with Crippen LogP contribution >= 0.6 is 11.3 Å². The summed E-state index contributed by atoms with van der Waals surface area (Å²) < 4.78 is 0. The number of nitrogens with one attached hydrogen (secondary N) is 2. The highest BCUT2D eigenvalue weighted by atomic mass is 32.1. The van der Waals surface area contributed by atoms with Crippen LogP contribution in [0.4, 0.5) is 10.9 Å². The zero-order chi connectivity index (χ0) is 12.5. The summed E-state index contributed by atoms with van der Waals surface area (Å²) in [4.78, 5) is 16.8. The van der Waals surface area contributed by atoms with Crippen LogP contribution in [-0.2, 0) is 0 Å². The van der Waals surface area contributed by atoms with Crippen LogP contribution in [0, 0.1) is 0 Å². The number of carbonyl (C=O) groups excluding carboxylic acids is 1. The molecule has 1 fully saturated rings. The standard InChI is InChI=1S/C12H16N4OS/c13-10-9(11(17)14-7-3-1-2-4-7)18-12(16-10)15-8-5-6-8/h1-2,7-8H,3-6,13H2,(H,14,17)(H,15,16). The fourth-order valence-corrected chi connectivity index (χ4v) is 2.81. The smallest absolute Gasteiger partial charge is 0.265 e. The first-order chi connectivity index (χ1) is 8.72. The van der Waals surface area contributed by atoms with Crippen LogP contribution in [0.5, 0.6) is 0 Å². The largest absolute Gasteiger partial charge is 0.382 e. The summed E-state index contributed by atoms with van der Waals surface area (Å²) in [5.74, 6) is 0.217. The third-order valence-corrected chi connectivity index (χ3v) is 4.11. The maximum absolute atomic E-state index is 12.1. The van der Waals surface area contributed by atoms with Gasteiger partial charge in [0.25, 0.3) is 5.91 Å². The van der Waals surface area contributed by atoms with Gasteiger partial charge in [-0.15, -0.1) is 0 Å². The van der Waals surface area contributed by atoms with E-state index in [0.717, 1.165) is 18.0 Å². The van der Waals surface area contributed by atoms with Crippen LogP contribution in [0.1, 0.15) is 35.4 Å². The Bertz CT molecular complexity index is 484. The van der Waals surface area contributed by atoms with Crippen molar-refractivity contribution in [2.75, 3.05) is 11.1 Å². The van der Waals surface area contributed by atoms with E-state index in [-0.39, 0.29) is 11.9 Å². The predicted molar refractivity (Wildman–Crippen MR) is 72.8 cm³/mol. The molecule has 1 aromatic rings. The summed E-state index contributed by atoms with van der Waals surface area (Å²) in [6.45, 7) is 0. The van der Waals surface area contributed by atoms with Crippen molar-refractivity contribution in [3.05, 3.63) is 17.0 Å². The van der Waals surface area contributed by atoms with E-state index in [9.17, 15) is 4.79 Å². The summed E-state index contributed by atoms with van der Waals surface area (Å²) in [6, 6.07) is 0.726. The number of carbonyl (C=O) groups is 1. The zero-order valence-corrected chi connectivity index (χ0v) is 10.8. The number of thiazole rings is 1. The lowest BCUT2D eigenvalue weighted by Crippen LogP contribution is -2.32. The van der Waals surface area contributed by atoms with Gasteiger partial charge in [-0.2, -0.15) is 0 Å². The van der Waals surface area contributed by atoms with Crippen molar-refractivity contribution in [2.45, 2.75) is 37.8 Å². The molecule has 0 spiro atoms. The van der Waals surface area contributed by atoms with E-state index in [1.165, 1.54) is 24.2 Å². The monoisotopic (exact) mass is 264 g/mol. The number of nitrogen functional groups attached to an aromatic ring is 1. The molecule has 2 aliphatic carbocycles. The lowest BCUT2D eigenvalue weighted by molar-refractivity contribution is 0.0944. The minimum atomic E-state index is -0.109. The van der Waals surface area contributed by atoms with E-state index in [1.54, 1.807) is 0 Å². The molecular formula is C12H16N4OS. The van der Waals surface area contributed by atoms with Gasteiger partial charge in [-0.3, -0.25) is 4.79 Å². The quantitative estimate of drug-likeness (QED) is 0.724. The molecule has 0 aliphatic heterocycles. The molecule has 5 nitrogen and oxygen atoms in total. The Hall–Kier alpha value is -1.56. The number of hydrogen-bond acceptors (Lipinski definition) is 5. The van der Waals surface area contributed by atoms with Crippen molar-refractivity contribution in [3.63, 3.8) is 0 Å². The van der Waals surface area contributed by atoms with Crippen molar-refractivity contribution < 1.29 is 4.79 Å². The first-order valence-electron chi connectivity index (χ1n) is 6.21. The van der Waals surface area contributed by atoms with Crippen LogP contribution in [0.25, 0.3) is 0 Å². The van der Waals surface area contributed by atoms with Gasteiger partial charge >= 0.3 is 0 Å². The van der Waals surface area contributed by atoms with Crippen molar-refractivity contribution in [1.29, 1.82) is 0 Å². The van der Waals surface area contributed by atoms with Gasteiger partial charge in [0.1, 0.15) is 10.7 Å². The van der Waals surface area contributed by atoms with Gasteiger partial charge in [-0.1, -0.05) is 23.5 Å². The van der Waals surface area contributed by atoms with Gasteiger partial charge in [0.05, 0.1) is 0 Å². The summed E-state index contributed by atoms with van der Waals surface area (Å²) in [5, 5.41) is 6.99. The molecule has 0 bridgehead atoms. The average Bonchev–Trinajstić information content (AvgIpc) is 2.85. The Morgan fingerprint density at radius 3 is 2.72 bits per heavy atom. The Morgan fingerprint density at radius 1 is 1.33 bits per heavy atom. The molecule has 1 heterocycles. The van der Waals surface area contributed by atoms with Crippen LogP contribution in [0.2, 0.25) is 0 Å². The van der Waals surface area contributed by atoms with E-state index < -0.39 is 0 Å². The van der Waals surface area contributed by atoms with Gasteiger partial charge in [0, 0.05) is 12.1 Å². The third-order valence-electron chi connectivity index (χ3n) is 3.11. The second-order valence-electron chi connectivity index (χ2n) is 4.77. The van der Waals surface area contributed by atoms with Crippen LogP contribution < -0.4 is 16.4 Å². The summed E-state index contributed by atoms with van der Waals surface area (Å²) >= 11 is 1.34. The molecule has 18 heavy (non-hydrogen) atoms. The number of amides is 1. The Morgan fingerprint density at radius 2 is 2.06 bits per heavy atom. The Balaban J connectivity index is 1.65. The Kier molecular flexibility index (Phi) is 2.95. The van der Waals surface area contributed by atoms with Crippen LogP contribution in [0.3, 0.4) is 0 Å². The summed E-state index contributed by atoms with van der Waals surface area (Å²) in [6.07, 6.45) is 8.32. The summed E-state index contributed by atoms with van der Waals surface area (Å²) in [7, 11) is 0. The first-order valence-corrected chi connectivity index (χ1v) is 7.02. The van der Waals surface area contributed by atoms with Gasteiger partial charge < -0.3 is 16.4 Å². The molecule has 2 aliphatic rings. The van der Waals surface area contributed by atoms with E-state index in [0.29, 0.717) is 16.7 Å². The van der Waals surface area contributed by atoms with Gasteiger partial charge in [0.2, 0.25) is 0 Å². The fourth-order valence-electron chi connectivity index (χ4n) is 1.94. The topological polar surface area (TPSA) is 80.0 Å². The highest BCUT2D eigenvalue weighted by molar-refractivity contribution is 7.18. The number of nitrogens with two attached hydrogens (primary N) is 1. The number of rotatable bonds is 4. The van der Waals surface area contributed by atoms with E-state index in [2.05, 4.69) is 27.8 Å². The Labute approximate surface area is 109 Å². The minimum Gasteiger partial charge on any atom is -0.382 e. The highest BCUT2D eigenvalue weighted by Gasteiger charge is 2.25. The van der Waals surface area contributed by atoms with Gasteiger partial charge in [-0.25, -0.2) is 4.98 Å². The molecule has 0 radical (unpaired) electrons. The average molecular weight is 264 g/mol. The number of anilines is 2. The van der Waals surface area contributed by atoms with E-state index in [1.807, 2.05) is 0 Å². The molecule has 3 rings (SSSR count). The molecule has 6 heteroatoms. The predicted octanol–water partition coefficient (Wildman–Crippen LogP) is 1.75. The second-order valence-corrected chi connectivity index (χ2v) is 5.76. The maximum atomic E-state index is 12.1. The minimum absolute atomic E-state index is 0.109.